The molecular weight excluding hydrogens is 278 g/mol. The highest BCUT2D eigenvalue weighted by atomic mass is 35.5. The molecule has 0 bridgehead atoms. The molecule has 108 valence electrons. The number of pyridine rings is 1. The Hall–Kier alpha value is -0.450. The highest BCUT2D eigenvalue weighted by molar-refractivity contribution is 7.98. The van der Waals surface area contributed by atoms with Gasteiger partial charge in [-0.2, -0.15) is 11.8 Å². The average molecular weight is 302 g/mol. The van der Waals surface area contributed by atoms with Crippen molar-refractivity contribution < 1.29 is 0 Å². The zero-order valence-electron chi connectivity index (χ0n) is 12.2. The Morgan fingerprint density at radius 2 is 2.21 bits per heavy atom. The number of thioether (sulfide) groups is 1. The lowest BCUT2D eigenvalue weighted by Gasteiger charge is -2.28. The molecule has 1 aromatic rings. The lowest BCUT2D eigenvalue weighted by Crippen LogP contribution is -2.33. The molecule has 0 radical (unpaired) electrons. The van der Waals surface area contributed by atoms with Crippen molar-refractivity contribution in [3.63, 3.8) is 0 Å². The molecule has 1 aromatic heterocycles. The molecule has 5 heteroatoms. The fourth-order valence-corrected chi connectivity index (χ4v) is 2.95. The predicted octanol–water partition coefficient (Wildman–Crippen LogP) is 3.42. The summed E-state index contributed by atoms with van der Waals surface area (Å²) in [5, 5.41) is 4.04. The van der Waals surface area contributed by atoms with Gasteiger partial charge in [-0.3, -0.25) is 0 Å². The molecule has 1 unspecified atom stereocenters. The van der Waals surface area contributed by atoms with Gasteiger partial charge in [-0.25, -0.2) is 4.98 Å². The first kappa shape index (κ1) is 16.6. The van der Waals surface area contributed by atoms with Crippen molar-refractivity contribution in [2.75, 3.05) is 30.5 Å². The Morgan fingerprint density at radius 1 is 1.47 bits per heavy atom. The van der Waals surface area contributed by atoms with E-state index >= 15 is 0 Å². The molecule has 3 nitrogen and oxygen atoms in total. The summed E-state index contributed by atoms with van der Waals surface area (Å²) in [6.45, 7) is 6.03. The van der Waals surface area contributed by atoms with E-state index in [9.17, 15) is 0 Å². The number of rotatable bonds is 8. The molecule has 1 atom stereocenters. The summed E-state index contributed by atoms with van der Waals surface area (Å²) >= 11 is 8.06. The van der Waals surface area contributed by atoms with Crippen molar-refractivity contribution in [2.24, 2.45) is 0 Å². The van der Waals surface area contributed by atoms with Crippen molar-refractivity contribution >= 4 is 29.2 Å². The molecule has 0 spiro atoms. The molecule has 0 aliphatic carbocycles. The standard InChI is InChI=1S/C14H24ClN3S/c1-5-12(10-19-4)18(3)14-7-11(8-16-6-2)13(15)9-17-14/h7,9,12,16H,5-6,8,10H2,1-4H3. The minimum absolute atomic E-state index is 0.510. The van der Waals surface area contributed by atoms with E-state index in [0.717, 1.165) is 41.7 Å². The molecule has 0 amide bonds. The van der Waals surface area contributed by atoms with E-state index in [2.05, 4.69) is 48.4 Å². The fraction of sp³-hybridized carbons (Fsp3) is 0.643. The maximum atomic E-state index is 6.19. The lowest BCUT2D eigenvalue weighted by molar-refractivity contribution is 0.664. The van der Waals surface area contributed by atoms with Gasteiger partial charge in [-0.15, -0.1) is 0 Å². The molecule has 1 rings (SSSR count). The van der Waals surface area contributed by atoms with Crippen LogP contribution in [0.15, 0.2) is 12.3 Å². The third-order valence-corrected chi connectivity index (χ3v) is 4.28. The molecule has 0 aliphatic rings. The summed E-state index contributed by atoms with van der Waals surface area (Å²) in [5.41, 5.74) is 1.11. The second-order valence-electron chi connectivity index (χ2n) is 4.54. The highest BCUT2D eigenvalue weighted by Crippen LogP contribution is 2.22. The number of nitrogens with zero attached hydrogens (tertiary/aromatic N) is 2. The van der Waals surface area contributed by atoms with Crippen LogP contribution in [0.4, 0.5) is 5.82 Å². The number of anilines is 1. The average Bonchev–Trinajstić information content (AvgIpc) is 2.43. The van der Waals surface area contributed by atoms with E-state index in [1.165, 1.54) is 0 Å². The van der Waals surface area contributed by atoms with Crippen LogP contribution < -0.4 is 10.2 Å². The number of hydrogen-bond acceptors (Lipinski definition) is 4. The quantitative estimate of drug-likeness (QED) is 0.796. The van der Waals surface area contributed by atoms with Crippen molar-refractivity contribution in [2.45, 2.75) is 32.9 Å². The largest absolute Gasteiger partial charge is 0.356 e. The van der Waals surface area contributed by atoms with Crippen LogP contribution >= 0.6 is 23.4 Å². The van der Waals surface area contributed by atoms with Gasteiger partial charge in [0.05, 0.1) is 5.02 Å². The monoisotopic (exact) mass is 301 g/mol. The molecule has 19 heavy (non-hydrogen) atoms. The summed E-state index contributed by atoms with van der Waals surface area (Å²) in [6, 6.07) is 2.60. The van der Waals surface area contributed by atoms with Crippen LogP contribution in [0.1, 0.15) is 25.8 Å². The molecular formula is C14H24ClN3S. The Balaban J connectivity index is 2.87. The molecule has 0 fully saturated rings. The number of hydrogen-bond donors (Lipinski definition) is 1. The predicted molar refractivity (Wildman–Crippen MR) is 87.5 cm³/mol. The third-order valence-electron chi connectivity index (χ3n) is 3.23. The van der Waals surface area contributed by atoms with Gasteiger partial charge in [0.25, 0.3) is 0 Å². The lowest BCUT2D eigenvalue weighted by atomic mass is 10.2. The summed E-state index contributed by atoms with van der Waals surface area (Å²) in [7, 11) is 2.11. The Labute approximate surface area is 126 Å². The fourth-order valence-electron chi connectivity index (χ4n) is 1.94. The third kappa shape index (κ3) is 4.86. The highest BCUT2D eigenvalue weighted by Gasteiger charge is 2.15. The Kier molecular flexibility index (Phi) is 7.57. The van der Waals surface area contributed by atoms with Crippen molar-refractivity contribution in [3.8, 4) is 0 Å². The van der Waals surface area contributed by atoms with Crippen molar-refractivity contribution in [1.82, 2.24) is 10.3 Å². The normalized spacial score (nSPS) is 12.5. The van der Waals surface area contributed by atoms with E-state index in [1.807, 2.05) is 11.8 Å². The molecule has 1 heterocycles. The number of halogens is 1. The van der Waals surface area contributed by atoms with Gasteiger partial charge < -0.3 is 10.2 Å². The van der Waals surface area contributed by atoms with Gasteiger partial charge in [0, 0.05) is 31.6 Å². The van der Waals surface area contributed by atoms with Gasteiger partial charge in [0.2, 0.25) is 0 Å². The summed E-state index contributed by atoms with van der Waals surface area (Å²) < 4.78 is 0. The Morgan fingerprint density at radius 3 is 2.79 bits per heavy atom. The molecule has 0 saturated carbocycles. The number of aromatic nitrogens is 1. The van der Waals surface area contributed by atoms with E-state index in [1.54, 1.807) is 6.20 Å². The van der Waals surface area contributed by atoms with Crippen LogP contribution in [0.25, 0.3) is 0 Å². The van der Waals surface area contributed by atoms with Gasteiger partial charge in [0.15, 0.2) is 0 Å². The van der Waals surface area contributed by atoms with Crippen LogP contribution in [0.3, 0.4) is 0 Å². The maximum absolute atomic E-state index is 6.19. The van der Waals surface area contributed by atoms with Crippen LogP contribution in [0.2, 0.25) is 5.02 Å². The first-order valence-electron chi connectivity index (χ1n) is 6.70. The minimum Gasteiger partial charge on any atom is -0.356 e. The molecule has 0 aliphatic heterocycles. The van der Waals surface area contributed by atoms with E-state index in [4.69, 9.17) is 11.6 Å². The van der Waals surface area contributed by atoms with Crippen molar-refractivity contribution in [3.05, 3.63) is 22.8 Å². The smallest absolute Gasteiger partial charge is 0.128 e. The molecule has 1 N–H and O–H groups in total. The molecule has 0 saturated heterocycles. The molecule has 0 aromatic carbocycles. The van der Waals surface area contributed by atoms with Gasteiger partial charge in [0.1, 0.15) is 5.82 Å². The van der Waals surface area contributed by atoms with Gasteiger partial charge in [-0.05, 0) is 30.9 Å². The summed E-state index contributed by atoms with van der Waals surface area (Å²) in [6.07, 6.45) is 5.01. The maximum Gasteiger partial charge on any atom is 0.128 e. The van der Waals surface area contributed by atoms with Crippen LogP contribution in [0, 0.1) is 0 Å². The second kappa shape index (κ2) is 8.67. The Bertz CT molecular complexity index is 387. The summed E-state index contributed by atoms with van der Waals surface area (Å²) in [4.78, 5) is 6.71. The van der Waals surface area contributed by atoms with Gasteiger partial charge in [-0.1, -0.05) is 25.4 Å². The first-order chi connectivity index (χ1) is 9.13. The van der Waals surface area contributed by atoms with E-state index in [0.29, 0.717) is 6.04 Å². The van der Waals surface area contributed by atoms with Crippen LogP contribution in [-0.4, -0.2) is 36.6 Å². The zero-order valence-corrected chi connectivity index (χ0v) is 13.8. The number of nitrogens with one attached hydrogen (secondary N) is 1. The van der Waals surface area contributed by atoms with Gasteiger partial charge >= 0.3 is 0 Å². The topological polar surface area (TPSA) is 28.2 Å². The zero-order chi connectivity index (χ0) is 14.3. The first-order valence-corrected chi connectivity index (χ1v) is 8.48. The van der Waals surface area contributed by atoms with E-state index < -0.39 is 0 Å². The van der Waals surface area contributed by atoms with E-state index in [-0.39, 0.29) is 0 Å². The summed E-state index contributed by atoms with van der Waals surface area (Å²) in [5.74, 6) is 2.11. The second-order valence-corrected chi connectivity index (χ2v) is 5.86. The SMILES string of the molecule is CCNCc1cc(N(C)C(CC)CSC)ncc1Cl. The van der Waals surface area contributed by atoms with Crippen LogP contribution in [-0.2, 0) is 6.54 Å². The minimum atomic E-state index is 0.510. The van der Waals surface area contributed by atoms with Crippen molar-refractivity contribution in [1.29, 1.82) is 0 Å². The van der Waals surface area contributed by atoms with Crippen LogP contribution in [0.5, 0.6) is 0 Å².